The van der Waals surface area contributed by atoms with Crippen LogP contribution in [0.3, 0.4) is 0 Å². The molecule has 10 nitrogen and oxygen atoms in total. The number of amides is 3. The van der Waals surface area contributed by atoms with Crippen molar-refractivity contribution in [1.82, 2.24) is 14.1 Å². The Bertz CT molecular complexity index is 1010. The molecule has 11 heteroatoms. The summed E-state index contributed by atoms with van der Waals surface area (Å²) >= 11 is 0. The minimum absolute atomic E-state index is 0.135. The molecule has 4 rings (SSSR count). The van der Waals surface area contributed by atoms with Crippen LogP contribution >= 0.6 is 0 Å². The lowest BCUT2D eigenvalue weighted by Gasteiger charge is -2.33. The number of ether oxygens (including phenoxy) is 1. The SMILES string of the molecule is O=C(CN1C(=O)C2CCCCC2C1=O)OCC(=O)N1CCN(S(=O)(=O)c2ccccc2)CC1. The molecule has 0 radical (unpaired) electrons. The second-order valence-electron chi connectivity index (χ2n) is 8.52. The molecule has 0 spiro atoms. The lowest BCUT2D eigenvalue weighted by atomic mass is 9.81. The number of likely N-dealkylation sites (tertiary alicyclic amines) is 1. The predicted molar refractivity (Wildman–Crippen MR) is 115 cm³/mol. The first-order chi connectivity index (χ1) is 15.8. The number of esters is 1. The Morgan fingerprint density at radius 3 is 2.06 bits per heavy atom. The monoisotopic (exact) mass is 477 g/mol. The summed E-state index contributed by atoms with van der Waals surface area (Å²) in [5, 5.41) is 0. The molecule has 178 valence electrons. The Kier molecular flexibility index (Phi) is 6.80. The topological polar surface area (TPSA) is 121 Å². The van der Waals surface area contributed by atoms with Crippen molar-refractivity contribution in [2.45, 2.75) is 30.6 Å². The minimum atomic E-state index is -3.63. The first-order valence-electron chi connectivity index (χ1n) is 11.1. The molecule has 2 unspecified atom stereocenters. The number of sulfonamides is 1. The summed E-state index contributed by atoms with van der Waals surface area (Å²) in [6, 6.07) is 8.09. The summed E-state index contributed by atoms with van der Waals surface area (Å²) in [6.07, 6.45) is 3.11. The standard InChI is InChI=1S/C22H27N3O7S/c26-19(23-10-12-24(13-11-23)33(30,31)16-6-2-1-3-7-16)15-32-20(27)14-25-21(28)17-8-4-5-9-18(17)22(25)29/h1-3,6-7,17-18H,4-5,8-15H2. The highest BCUT2D eigenvalue weighted by Gasteiger charge is 2.48. The van der Waals surface area contributed by atoms with E-state index in [1.165, 1.54) is 21.3 Å². The summed E-state index contributed by atoms with van der Waals surface area (Å²) in [5.74, 6) is -2.61. The van der Waals surface area contributed by atoms with Crippen LogP contribution in [0.2, 0.25) is 0 Å². The lowest BCUT2D eigenvalue weighted by Crippen LogP contribution is -2.51. The van der Waals surface area contributed by atoms with Gasteiger partial charge in [0.1, 0.15) is 6.54 Å². The molecule has 2 heterocycles. The number of carbonyl (C=O) groups excluding carboxylic acids is 4. The smallest absolute Gasteiger partial charge is 0.326 e. The Balaban J connectivity index is 1.24. The predicted octanol–water partition coefficient (Wildman–Crippen LogP) is 0.238. The molecule has 3 amide bonds. The fourth-order valence-corrected chi connectivity index (χ4v) is 6.16. The van der Waals surface area contributed by atoms with Gasteiger partial charge in [0.15, 0.2) is 6.61 Å². The molecule has 1 saturated carbocycles. The summed E-state index contributed by atoms with van der Waals surface area (Å²) in [4.78, 5) is 52.1. The van der Waals surface area contributed by atoms with Gasteiger partial charge in [0.25, 0.3) is 5.91 Å². The van der Waals surface area contributed by atoms with E-state index >= 15 is 0 Å². The van der Waals surface area contributed by atoms with Crippen LogP contribution in [-0.2, 0) is 33.9 Å². The van der Waals surface area contributed by atoms with Crippen LogP contribution in [0.15, 0.2) is 35.2 Å². The molecule has 1 aromatic rings. The van der Waals surface area contributed by atoms with Crippen molar-refractivity contribution in [3.63, 3.8) is 0 Å². The zero-order chi connectivity index (χ0) is 23.6. The van der Waals surface area contributed by atoms with Crippen molar-refractivity contribution in [3.8, 4) is 0 Å². The molecular formula is C22H27N3O7S. The lowest BCUT2D eigenvalue weighted by molar-refractivity contribution is -0.157. The third kappa shape index (κ3) is 4.79. The van der Waals surface area contributed by atoms with E-state index in [0.717, 1.165) is 17.7 Å². The van der Waals surface area contributed by atoms with Crippen LogP contribution in [-0.4, -0.2) is 85.5 Å². The first kappa shape index (κ1) is 23.4. The molecule has 1 aliphatic carbocycles. The molecule has 2 atom stereocenters. The number of rotatable bonds is 6. The Morgan fingerprint density at radius 1 is 0.909 bits per heavy atom. The number of nitrogens with zero attached hydrogens (tertiary/aromatic N) is 3. The summed E-state index contributed by atoms with van der Waals surface area (Å²) in [5.41, 5.74) is 0. The van der Waals surface area contributed by atoms with Crippen LogP contribution in [0.4, 0.5) is 0 Å². The summed E-state index contributed by atoms with van der Waals surface area (Å²) < 4.78 is 31.7. The molecule has 0 N–H and O–H groups in total. The normalized spacial score (nSPS) is 24.0. The Morgan fingerprint density at radius 2 is 1.48 bits per heavy atom. The molecule has 3 aliphatic rings. The molecule has 1 aromatic carbocycles. The van der Waals surface area contributed by atoms with Gasteiger partial charge in [0.05, 0.1) is 16.7 Å². The van der Waals surface area contributed by atoms with E-state index in [1.54, 1.807) is 18.2 Å². The quantitative estimate of drug-likeness (QED) is 0.425. The van der Waals surface area contributed by atoms with E-state index in [9.17, 15) is 27.6 Å². The van der Waals surface area contributed by atoms with Crippen molar-refractivity contribution in [1.29, 1.82) is 0 Å². The van der Waals surface area contributed by atoms with Gasteiger partial charge in [-0.05, 0) is 25.0 Å². The van der Waals surface area contributed by atoms with Gasteiger partial charge in [0, 0.05) is 26.2 Å². The van der Waals surface area contributed by atoms with Gasteiger partial charge in [-0.15, -0.1) is 0 Å². The molecule has 2 aliphatic heterocycles. The van der Waals surface area contributed by atoms with Gasteiger partial charge in [-0.1, -0.05) is 31.0 Å². The third-order valence-corrected chi connectivity index (χ3v) is 8.46. The second-order valence-corrected chi connectivity index (χ2v) is 10.5. The van der Waals surface area contributed by atoms with Crippen LogP contribution in [0.25, 0.3) is 0 Å². The molecule has 2 saturated heterocycles. The maximum Gasteiger partial charge on any atom is 0.326 e. The third-order valence-electron chi connectivity index (χ3n) is 6.55. The molecule has 0 bridgehead atoms. The number of hydrogen-bond acceptors (Lipinski definition) is 7. The van der Waals surface area contributed by atoms with E-state index in [-0.39, 0.29) is 54.7 Å². The van der Waals surface area contributed by atoms with Gasteiger partial charge in [0.2, 0.25) is 21.8 Å². The van der Waals surface area contributed by atoms with Gasteiger partial charge >= 0.3 is 5.97 Å². The van der Waals surface area contributed by atoms with E-state index < -0.39 is 35.1 Å². The maximum atomic E-state index is 12.7. The van der Waals surface area contributed by atoms with Crippen molar-refractivity contribution < 1.29 is 32.3 Å². The Labute approximate surface area is 192 Å². The fraction of sp³-hybridized carbons (Fsp3) is 0.545. The fourth-order valence-electron chi connectivity index (χ4n) is 4.71. The zero-order valence-corrected chi connectivity index (χ0v) is 19.0. The van der Waals surface area contributed by atoms with Gasteiger partial charge in [-0.25, -0.2) is 8.42 Å². The number of benzene rings is 1. The molecule has 3 fully saturated rings. The Hall–Kier alpha value is -2.79. The number of fused-ring (bicyclic) bond motifs is 1. The number of piperazine rings is 1. The van der Waals surface area contributed by atoms with E-state index in [2.05, 4.69) is 0 Å². The van der Waals surface area contributed by atoms with Gasteiger partial charge in [-0.2, -0.15) is 4.31 Å². The molecular weight excluding hydrogens is 450 g/mol. The van der Waals surface area contributed by atoms with Crippen molar-refractivity contribution in [3.05, 3.63) is 30.3 Å². The van der Waals surface area contributed by atoms with Crippen molar-refractivity contribution in [2.24, 2.45) is 11.8 Å². The molecule has 33 heavy (non-hydrogen) atoms. The van der Waals surface area contributed by atoms with Crippen molar-refractivity contribution in [2.75, 3.05) is 39.3 Å². The average Bonchev–Trinajstić information content (AvgIpc) is 3.08. The summed E-state index contributed by atoms with van der Waals surface area (Å²) in [6.45, 7) is -0.384. The summed E-state index contributed by atoms with van der Waals surface area (Å²) in [7, 11) is -3.63. The highest BCUT2D eigenvalue weighted by atomic mass is 32.2. The van der Waals surface area contributed by atoms with E-state index in [1.807, 2.05) is 0 Å². The largest absolute Gasteiger partial charge is 0.454 e. The highest BCUT2D eigenvalue weighted by molar-refractivity contribution is 7.89. The number of carbonyl (C=O) groups is 4. The zero-order valence-electron chi connectivity index (χ0n) is 18.2. The maximum absolute atomic E-state index is 12.7. The first-order valence-corrected chi connectivity index (χ1v) is 12.6. The minimum Gasteiger partial charge on any atom is -0.454 e. The van der Waals surface area contributed by atoms with E-state index in [4.69, 9.17) is 4.74 Å². The van der Waals surface area contributed by atoms with Gasteiger partial charge in [-0.3, -0.25) is 24.1 Å². The van der Waals surface area contributed by atoms with Crippen LogP contribution in [0.5, 0.6) is 0 Å². The van der Waals surface area contributed by atoms with E-state index in [0.29, 0.717) is 12.8 Å². The molecule has 0 aromatic heterocycles. The number of imide groups is 1. The van der Waals surface area contributed by atoms with Crippen LogP contribution in [0, 0.1) is 11.8 Å². The highest BCUT2D eigenvalue weighted by Crippen LogP contribution is 2.37. The van der Waals surface area contributed by atoms with Crippen molar-refractivity contribution >= 4 is 33.7 Å². The second kappa shape index (κ2) is 9.60. The number of hydrogen-bond donors (Lipinski definition) is 0. The van der Waals surface area contributed by atoms with Crippen LogP contribution in [0.1, 0.15) is 25.7 Å². The average molecular weight is 478 g/mol. The van der Waals surface area contributed by atoms with Gasteiger partial charge < -0.3 is 9.64 Å². The van der Waals surface area contributed by atoms with Crippen LogP contribution < -0.4 is 0 Å².